The molecular weight excluding hydrogens is 380 g/mol. The molecule has 0 aromatic heterocycles. The molecule has 0 N–H and O–H groups in total. The maximum atomic E-state index is 7.12. The zero-order valence-corrected chi connectivity index (χ0v) is 19.4. The van der Waals surface area contributed by atoms with E-state index in [4.69, 9.17) is 4.43 Å². The molecule has 3 aliphatic rings. The molecule has 3 aromatic carbocycles. The molecule has 3 saturated carbocycles. The smallest absolute Gasteiger partial charge is 0.261 e. The molecule has 2 bridgehead atoms. The second-order valence-electron chi connectivity index (χ2n) is 10.4. The molecule has 0 saturated heterocycles. The largest absolute Gasteiger partial charge is 0.403 e. The van der Waals surface area contributed by atoms with Crippen LogP contribution in [0.25, 0.3) is 0 Å². The minimum atomic E-state index is -2.48. The molecule has 0 aliphatic heterocycles. The zero-order chi connectivity index (χ0) is 20.8. The maximum absolute atomic E-state index is 7.12. The van der Waals surface area contributed by atoms with Crippen LogP contribution in [-0.4, -0.2) is 8.32 Å². The number of hydrogen-bond acceptors (Lipinski definition) is 1. The molecule has 1 nitrogen and oxygen atoms in total. The van der Waals surface area contributed by atoms with E-state index in [-0.39, 0.29) is 5.04 Å². The quantitative estimate of drug-likeness (QED) is 0.464. The average molecular weight is 413 g/mol. The molecule has 0 radical (unpaired) electrons. The van der Waals surface area contributed by atoms with Gasteiger partial charge in [0.15, 0.2) is 0 Å². The lowest BCUT2D eigenvalue weighted by molar-refractivity contribution is -0.0274. The number of rotatable bonds is 6. The summed E-state index contributed by atoms with van der Waals surface area (Å²) in [6, 6.07) is 31.1. The number of hydrogen-bond donors (Lipinski definition) is 0. The Morgan fingerprint density at radius 2 is 1.37 bits per heavy atom. The SMILES string of the molecule is CC(C)(C)[Si](OCc1cccc(C23CC(C2)C3)c1)(c1ccccc1)c1ccccc1. The molecule has 3 aromatic rings. The van der Waals surface area contributed by atoms with Gasteiger partial charge in [-0.15, -0.1) is 0 Å². The molecule has 30 heavy (non-hydrogen) atoms. The van der Waals surface area contributed by atoms with Crippen molar-refractivity contribution in [2.24, 2.45) is 5.92 Å². The highest BCUT2D eigenvalue weighted by Crippen LogP contribution is 2.65. The van der Waals surface area contributed by atoms with Crippen molar-refractivity contribution in [1.82, 2.24) is 0 Å². The van der Waals surface area contributed by atoms with Gasteiger partial charge in [0.1, 0.15) is 0 Å². The maximum Gasteiger partial charge on any atom is 0.261 e. The average Bonchev–Trinajstić information content (AvgIpc) is 2.67. The van der Waals surface area contributed by atoms with Gasteiger partial charge in [0.2, 0.25) is 0 Å². The highest BCUT2D eigenvalue weighted by atomic mass is 28.4. The van der Waals surface area contributed by atoms with Crippen LogP contribution in [0.3, 0.4) is 0 Å². The van der Waals surface area contributed by atoms with Gasteiger partial charge in [0.05, 0.1) is 6.61 Å². The Kier molecular flexibility index (Phi) is 4.76. The van der Waals surface area contributed by atoms with Crippen molar-refractivity contribution >= 4 is 18.7 Å². The lowest BCUT2D eigenvalue weighted by Crippen LogP contribution is -2.66. The fraction of sp³-hybridized carbons (Fsp3) is 0.357. The van der Waals surface area contributed by atoms with Crippen molar-refractivity contribution in [2.45, 2.75) is 57.1 Å². The molecule has 3 fully saturated rings. The first-order valence-corrected chi connectivity index (χ1v) is 13.2. The Morgan fingerprint density at radius 1 is 0.800 bits per heavy atom. The van der Waals surface area contributed by atoms with Gasteiger partial charge in [-0.05, 0) is 57.1 Å². The molecule has 154 valence electrons. The van der Waals surface area contributed by atoms with E-state index >= 15 is 0 Å². The summed E-state index contributed by atoms with van der Waals surface area (Å²) in [5.41, 5.74) is 3.34. The lowest BCUT2D eigenvalue weighted by atomic mass is 9.42. The van der Waals surface area contributed by atoms with E-state index in [1.165, 1.54) is 40.8 Å². The molecular formula is C28H32OSi. The van der Waals surface area contributed by atoms with Crippen molar-refractivity contribution in [1.29, 1.82) is 0 Å². The second-order valence-corrected chi connectivity index (χ2v) is 14.7. The Labute approximate surface area is 182 Å². The monoisotopic (exact) mass is 412 g/mol. The molecule has 0 heterocycles. The summed E-state index contributed by atoms with van der Waals surface area (Å²) >= 11 is 0. The van der Waals surface area contributed by atoms with Crippen molar-refractivity contribution in [3.8, 4) is 0 Å². The molecule has 3 aliphatic carbocycles. The van der Waals surface area contributed by atoms with Crippen molar-refractivity contribution in [2.75, 3.05) is 0 Å². The van der Waals surface area contributed by atoms with Crippen LogP contribution in [0.15, 0.2) is 84.9 Å². The molecule has 0 unspecified atom stereocenters. The highest BCUT2D eigenvalue weighted by Gasteiger charge is 2.57. The van der Waals surface area contributed by atoms with Gasteiger partial charge >= 0.3 is 0 Å². The molecule has 6 rings (SSSR count). The molecule has 0 spiro atoms. The van der Waals surface area contributed by atoms with Crippen LogP contribution in [0.2, 0.25) is 5.04 Å². The van der Waals surface area contributed by atoms with Crippen molar-refractivity contribution in [3.63, 3.8) is 0 Å². The van der Waals surface area contributed by atoms with Gasteiger partial charge < -0.3 is 4.43 Å². The molecule has 0 amide bonds. The predicted octanol–water partition coefficient (Wildman–Crippen LogP) is 5.81. The van der Waals surface area contributed by atoms with Crippen LogP contribution in [0.5, 0.6) is 0 Å². The van der Waals surface area contributed by atoms with Crippen molar-refractivity contribution < 1.29 is 4.43 Å². The van der Waals surface area contributed by atoms with Crippen LogP contribution in [0.4, 0.5) is 0 Å². The summed E-state index contributed by atoms with van der Waals surface area (Å²) in [5, 5.41) is 2.71. The summed E-state index contributed by atoms with van der Waals surface area (Å²) in [5.74, 6) is 1.00. The third-order valence-corrected chi connectivity index (χ3v) is 12.4. The van der Waals surface area contributed by atoms with Crippen LogP contribution in [0, 0.1) is 5.92 Å². The first kappa shape index (κ1) is 19.8. The minimum Gasteiger partial charge on any atom is -0.403 e. The van der Waals surface area contributed by atoms with Crippen LogP contribution < -0.4 is 10.4 Å². The summed E-state index contributed by atoms with van der Waals surface area (Å²) in [6.07, 6.45) is 4.18. The summed E-state index contributed by atoms with van der Waals surface area (Å²) in [7, 11) is -2.48. The van der Waals surface area contributed by atoms with Gasteiger partial charge in [-0.3, -0.25) is 0 Å². The van der Waals surface area contributed by atoms with Gasteiger partial charge in [-0.1, -0.05) is 106 Å². The Hall–Kier alpha value is -2.16. The van der Waals surface area contributed by atoms with Crippen LogP contribution >= 0.6 is 0 Å². The Morgan fingerprint density at radius 3 is 1.83 bits per heavy atom. The summed E-state index contributed by atoms with van der Waals surface area (Å²) in [6.45, 7) is 7.70. The van der Waals surface area contributed by atoms with Gasteiger partial charge in [0.25, 0.3) is 8.32 Å². The van der Waals surface area contributed by atoms with E-state index in [9.17, 15) is 0 Å². The fourth-order valence-electron chi connectivity index (χ4n) is 5.78. The van der Waals surface area contributed by atoms with Crippen LogP contribution in [0.1, 0.15) is 51.2 Å². The lowest BCUT2D eigenvalue weighted by Gasteiger charge is -2.62. The topological polar surface area (TPSA) is 9.23 Å². The fourth-order valence-corrected chi connectivity index (χ4v) is 10.3. The standard InChI is InChI=1S/C28H32OSi/c1-27(2,3)30(25-13-6-4-7-14-25,26-15-8-5-9-16-26)29-21-22-11-10-12-24(17-22)28-18-23(19-28)20-28/h4-17,23H,18-21H2,1-3H3. The first-order chi connectivity index (χ1) is 14.4. The zero-order valence-electron chi connectivity index (χ0n) is 18.4. The molecule has 0 atom stereocenters. The summed E-state index contributed by atoms with van der Waals surface area (Å²) < 4.78 is 7.12. The number of benzene rings is 3. The third kappa shape index (κ3) is 3.09. The molecule has 2 heteroatoms. The Bertz CT molecular complexity index is 963. The van der Waals surface area contributed by atoms with Gasteiger partial charge in [-0.2, -0.15) is 0 Å². The van der Waals surface area contributed by atoms with E-state index in [0.29, 0.717) is 12.0 Å². The van der Waals surface area contributed by atoms with Gasteiger partial charge in [0, 0.05) is 0 Å². The highest BCUT2D eigenvalue weighted by molar-refractivity contribution is 6.99. The summed E-state index contributed by atoms with van der Waals surface area (Å²) in [4.78, 5) is 0. The normalized spacial score (nSPS) is 22.8. The third-order valence-electron chi connectivity index (χ3n) is 7.45. The van der Waals surface area contributed by atoms with Gasteiger partial charge in [-0.25, -0.2) is 0 Å². The first-order valence-electron chi connectivity index (χ1n) is 11.3. The minimum absolute atomic E-state index is 0.0151. The van der Waals surface area contributed by atoms with E-state index in [2.05, 4.69) is 106 Å². The Balaban J connectivity index is 1.52. The van der Waals surface area contributed by atoms with Crippen molar-refractivity contribution in [3.05, 3.63) is 96.1 Å². The van der Waals surface area contributed by atoms with E-state index in [1.807, 2.05) is 0 Å². The predicted molar refractivity (Wildman–Crippen MR) is 128 cm³/mol. The van der Waals surface area contributed by atoms with E-state index in [1.54, 1.807) is 0 Å². The second kappa shape index (κ2) is 7.21. The van der Waals surface area contributed by atoms with E-state index in [0.717, 1.165) is 5.92 Å². The van der Waals surface area contributed by atoms with E-state index < -0.39 is 8.32 Å². The van der Waals surface area contributed by atoms with Crippen LogP contribution in [-0.2, 0) is 16.4 Å².